The fourth-order valence-electron chi connectivity index (χ4n) is 3.17. The maximum absolute atomic E-state index is 11.2. The lowest BCUT2D eigenvalue weighted by molar-refractivity contribution is -0.142. The Morgan fingerprint density at radius 2 is 1.89 bits per heavy atom. The second kappa shape index (κ2) is 5.33. The van der Waals surface area contributed by atoms with E-state index in [9.17, 15) is 9.90 Å². The van der Waals surface area contributed by atoms with Crippen LogP contribution in [0.1, 0.15) is 49.1 Å². The molecule has 0 radical (unpaired) electrons. The van der Waals surface area contributed by atoms with Crippen LogP contribution >= 0.6 is 0 Å². The topological polar surface area (TPSA) is 40.5 Å². The highest BCUT2D eigenvalue weighted by molar-refractivity contribution is 5.73. The van der Waals surface area contributed by atoms with E-state index in [1.54, 1.807) is 0 Å². The molecule has 0 aromatic heterocycles. The highest BCUT2D eigenvalue weighted by atomic mass is 16.4. The largest absolute Gasteiger partial charge is 0.480 e. The van der Waals surface area contributed by atoms with Crippen molar-refractivity contribution in [1.29, 1.82) is 0 Å². The fourth-order valence-corrected chi connectivity index (χ4v) is 3.17. The molecule has 1 atom stereocenters. The summed E-state index contributed by atoms with van der Waals surface area (Å²) in [6, 6.07) is 8.51. The van der Waals surface area contributed by atoms with Crippen LogP contribution < -0.4 is 0 Å². The van der Waals surface area contributed by atoms with Gasteiger partial charge in [-0.3, -0.25) is 9.69 Å². The van der Waals surface area contributed by atoms with Gasteiger partial charge >= 0.3 is 5.97 Å². The van der Waals surface area contributed by atoms with E-state index in [2.05, 4.69) is 29.2 Å². The Bertz CT molecular complexity index is 450. The summed E-state index contributed by atoms with van der Waals surface area (Å²) in [6.07, 6.45) is 5.80. The van der Waals surface area contributed by atoms with Crippen LogP contribution in [0.15, 0.2) is 24.3 Å². The molecule has 102 valence electrons. The predicted octanol–water partition coefficient (Wildman–Crippen LogP) is 3.00. The summed E-state index contributed by atoms with van der Waals surface area (Å²) in [6.45, 7) is 1.67. The van der Waals surface area contributed by atoms with E-state index >= 15 is 0 Å². The zero-order valence-electron chi connectivity index (χ0n) is 11.2. The molecule has 0 amide bonds. The molecule has 1 aliphatic carbocycles. The number of rotatable bonds is 4. The van der Waals surface area contributed by atoms with E-state index in [0.29, 0.717) is 0 Å². The van der Waals surface area contributed by atoms with Crippen molar-refractivity contribution in [2.75, 3.05) is 6.54 Å². The second-order valence-corrected chi connectivity index (χ2v) is 5.84. The maximum Gasteiger partial charge on any atom is 0.320 e. The van der Waals surface area contributed by atoms with Crippen LogP contribution in [-0.2, 0) is 11.3 Å². The molecule has 1 saturated heterocycles. The van der Waals surface area contributed by atoms with Crippen LogP contribution in [0.3, 0.4) is 0 Å². The Labute approximate surface area is 114 Å². The first-order valence-electron chi connectivity index (χ1n) is 7.30. The van der Waals surface area contributed by atoms with Crippen LogP contribution in [0, 0.1) is 0 Å². The van der Waals surface area contributed by atoms with Gasteiger partial charge in [0.2, 0.25) is 0 Å². The summed E-state index contributed by atoms with van der Waals surface area (Å²) >= 11 is 0. The minimum atomic E-state index is -0.677. The van der Waals surface area contributed by atoms with Crippen molar-refractivity contribution >= 4 is 5.97 Å². The summed E-state index contributed by atoms with van der Waals surface area (Å²) < 4.78 is 0. The molecule has 3 heteroatoms. The van der Waals surface area contributed by atoms with Gasteiger partial charge in [0.15, 0.2) is 0 Å². The SMILES string of the molecule is O=C(O)[C@H]1CCCN1Cc1ccc(C2CCC2)cc1. The molecule has 1 aliphatic heterocycles. The highest BCUT2D eigenvalue weighted by Gasteiger charge is 2.30. The Morgan fingerprint density at radius 3 is 2.47 bits per heavy atom. The lowest BCUT2D eigenvalue weighted by Crippen LogP contribution is -2.35. The Balaban J connectivity index is 1.64. The van der Waals surface area contributed by atoms with Crippen molar-refractivity contribution in [2.45, 2.75) is 50.6 Å². The summed E-state index contributed by atoms with van der Waals surface area (Å²) in [5.41, 5.74) is 2.68. The average Bonchev–Trinajstić information content (AvgIpc) is 2.77. The first-order chi connectivity index (χ1) is 9.24. The molecule has 1 N–H and O–H groups in total. The smallest absolute Gasteiger partial charge is 0.320 e. The molecule has 1 aromatic carbocycles. The summed E-state index contributed by atoms with van der Waals surface area (Å²) in [5.74, 6) is 0.0937. The third kappa shape index (κ3) is 2.66. The van der Waals surface area contributed by atoms with Crippen molar-refractivity contribution < 1.29 is 9.90 Å². The minimum Gasteiger partial charge on any atom is -0.480 e. The van der Waals surface area contributed by atoms with Gasteiger partial charge in [0.05, 0.1) is 0 Å². The van der Waals surface area contributed by atoms with Crippen LogP contribution in [0.25, 0.3) is 0 Å². The molecule has 0 spiro atoms. The zero-order valence-corrected chi connectivity index (χ0v) is 11.2. The van der Waals surface area contributed by atoms with Crippen molar-refractivity contribution in [3.8, 4) is 0 Å². The highest BCUT2D eigenvalue weighted by Crippen LogP contribution is 2.36. The number of hydrogen-bond donors (Lipinski definition) is 1. The zero-order chi connectivity index (χ0) is 13.2. The molecule has 1 heterocycles. The van der Waals surface area contributed by atoms with Gasteiger partial charge in [-0.15, -0.1) is 0 Å². The first-order valence-corrected chi connectivity index (χ1v) is 7.30. The van der Waals surface area contributed by atoms with E-state index in [0.717, 1.165) is 31.8 Å². The van der Waals surface area contributed by atoms with E-state index in [1.807, 2.05) is 0 Å². The van der Waals surface area contributed by atoms with Gasteiger partial charge in [-0.1, -0.05) is 30.7 Å². The van der Waals surface area contributed by atoms with Gasteiger partial charge in [0.1, 0.15) is 6.04 Å². The van der Waals surface area contributed by atoms with Crippen LogP contribution in [0.5, 0.6) is 0 Å². The van der Waals surface area contributed by atoms with Crippen LogP contribution in [0.4, 0.5) is 0 Å². The average molecular weight is 259 g/mol. The number of carbonyl (C=O) groups is 1. The molecule has 0 unspecified atom stereocenters. The fraction of sp³-hybridized carbons (Fsp3) is 0.562. The number of nitrogens with zero attached hydrogens (tertiary/aromatic N) is 1. The molecule has 19 heavy (non-hydrogen) atoms. The van der Waals surface area contributed by atoms with Crippen molar-refractivity contribution in [2.24, 2.45) is 0 Å². The Kier molecular flexibility index (Phi) is 3.56. The molecule has 1 saturated carbocycles. The van der Waals surface area contributed by atoms with Crippen molar-refractivity contribution in [3.05, 3.63) is 35.4 Å². The summed E-state index contributed by atoms with van der Waals surface area (Å²) in [7, 11) is 0. The number of hydrogen-bond acceptors (Lipinski definition) is 2. The van der Waals surface area contributed by atoms with Gasteiger partial charge in [-0.25, -0.2) is 0 Å². The third-order valence-electron chi connectivity index (χ3n) is 4.59. The second-order valence-electron chi connectivity index (χ2n) is 5.84. The standard InChI is InChI=1S/C16H21NO2/c18-16(19)15-5-2-10-17(15)11-12-6-8-14(9-7-12)13-3-1-4-13/h6-9,13,15H,1-5,10-11H2,(H,18,19)/t15-/m1/s1. The molecule has 0 bridgehead atoms. The predicted molar refractivity (Wildman–Crippen MR) is 74.1 cm³/mol. The van der Waals surface area contributed by atoms with Crippen molar-refractivity contribution in [1.82, 2.24) is 4.90 Å². The molecule has 1 aromatic rings. The van der Waals surface area contributed by atoms with Crippen molar-refractivity contribution in [3.63, 3.8) is 0 Å². The summed E-state index contributed by atoms with van der Waals surface area (Å²) in [5, 5.41) is 9.18. The normalized spacial score (nSPS) is 24.3. The third-order valence-corrected chi connectivity index (χ3v) is 4.59. The summed E-state index contributed by atoms with van der Waals surface area (Å²) in [4.78, 5) is 13.2. The van der Waals surface area contributed by atoms with E-state index in [1.165, 1.54) is 30.4 Å². The number of carboxylic acids is 1. The molecular weight excluding hydrogens is 238 g/mol. The first kappa shape index (κ1) is 12.7. The molecule has 3 nitrogen and oxygen atoms in total. The van der Waals surface area contributed by atoms with Crippen LogP contribution in [0.2, 0.25) is 0 Å². The van der Waals surface area contributed by atoms with Crippen LogP contribution in [-0.4, -0.2) is 28.6 Å². The number of carboxylic acid groups (broad SMARTS) is 1. The number of likely N-dealkylation sites (tertiary alicyclic amines) is 1. The van der Waals surface area contributed by atoms with E-state index in [4.69, 9.17) is 0 Å². The van der Waals surface area contributed by atoms with Gasteiger partial charge < -0.3 is 5.11 Å². The lowest BCUT2D eigenvalue weighted by atomic mass is 9.80. The molecule has 2 fully saturated rings. The monoisotopic (exact) mass is 259 g/mol. The number of benzene rings is 1. The van der Waals surface area contributed by atoms with E-state index < -0.39 is 5.97 Å². The lowest BCUT2D eigenvalue weighted by Gasteiger charge is -2.26. The van der Waals surface area contributed by atoms with Gasteiger partial charge in [-0.2, -0.15) is 0 Å². The van der Waals surface area contributed by atoms with Gasteiger partial charge in [0, 0.05) is 6.54 Å². The molecular formula is C16H21NO2. The maximum atomic E-state index is 11.2. The minimum absolute atomic E-state index is 0.286. The molecule has 2 aliphatic rings. The Morgan fingerprint density at radius 1 is 1.16 bits per heavy atom. The van der Waals surface area contributed by atoms with Gasteiger partial charge in [0.25, 0.3) is 0 Å². The number of aliphatic carboxylic acids is 1. The quantitative estimate of drug-likeness (QED) is 0.903. The molecule has 3 rings (SSSR count). The van der Waals surface area contributed by atoms with E-state index in [-0.39, 0.29) is 6.04 Å². The van der Waals surface area contributed by atoms with Gasteiger partial charge in [-0.05, 0) is 49.3 Å². The Hall–Kier alpha value is -1.35.